The lowest BCUT2D eigenvalue weighted by atomic mass is 10.2. The molecule has 1 aliphatic rings. The summed E-state index contributed by atoms with van der Waals surface area (Å²) in [4.78, 5) is 27.3. The van der Waals surface area contributed by atoms with Gasteiger partial charge in [0.1, 0.15) is 0 Å². The SMILES string of the molecule is O=C(CNS(=O)(=O)c1cccc(C(F)(F)F)c1)N1CCN(C(=O)c2cccc(Cl)c2)CC1. The first kappa shape index (κ1) is 24.0. The smallest absolute Gasteiger partial charge is 0.338 e. The summed E-state index contributed by atoms with van der Waals surface area (Å²) in [6, 6.07) is 9.75. The van der Waals surface area contributed by atoms with Crippen LogP contribution in [0.2, 0.25) is 5.02 Å². The molecule has 0 spiro atoms. The maximum absolute atomic E-state index is 12.8. The van der Waals surface area contributed by atoms with Crippen LogP contribution in [0.4, 0.5) is 13.2 Å². The third-order valence-electron chi connectivity index (χ3n) is 4.88. The van der Waals surface area contributed by atoms with Crippen LogP contribution in [0.25, 0.3) is 0 Å². The van der Waals surface area contributed by atoms with Gasteiger partial charge >= 0.3 is 6.18 Å². The number of piperazine rings is 1. The first-order chi connectivity index (χ1) is 15.0. The molecule has 2 aromatic carbocycles. The summed E-state index contributed by atoms with van der Waals surface area (Å²) in [6.45, 7) is 0.266. The second-order valence-corrected chi connectivity index (χ2v) is 9.24. The molecule has 7 nitrogen and oxygen atoms in total. The number of sulfonamides is 1. The molecule has 172 valence electrons. The standard InChI is InChI=1S/C20H19ClF3N3O4S/c21-16-5-1-3-14(11-16)19(29)27-9-7-26(8-10-27)18(28)13-25-32(30,31)17-6-2-4-15(12-17)20(22,23)24/h1-6,11-12,25H,7-10,13H2. The molecule has 0 unspecified atom stereocenters. The topological polar surface area (TPSA) is 86.8 Å². The first-order valence-electron chi connectivity index (χ1n) is 9.47. The van der Waals surface area contributed by atoms with E-state index in [0.717, 1.165) is 18.2 Å². The molecule has 0 aliphatic carbocycles. The van der Waals surface area contributed by atoms with Gasteiger partial charge in [-0.1, -0.05) is 23.7 Å². The Balaban J connectivity index is 1.55. The number of hydrogen-bond donors (Lipinski definition) is 1. The van der Waals surface area contributed by atoms with E-state index < -0.39 is 39.1 Å². The van der Waals surface area contributed by atoms with Crippen LogP contribution >= 0.6 is 11.6 Å². The van der Waals surface area contributed by atoms with E-state index in [9.17, 15) is 31.2 Å². The quantitative estimate of drug-likeness (QED) is 0.699. The number of hydrogen-bond acceptors (Lipinski definition) is 4. The molecule has 0 atom stereocenters. The summed E-state index contributed by atoms with van der Waals surface area (Å²) >= 11 is 5.90. The van der Waals surface area contributed by atoms with E-state index >= 15 is 0 Å². The van der Waals surface area contributed by atoms with Crippen molar-refractivity contribution in [3.05, 3.63) is 64.7 Å². The van der Waals surface area contributed by atoms with Crippen molar-refractivity contribution in [1.82, 2.24) is 14.5 Å². The van der Waals surface area contributed by atoms with Gasteiger partial charge in [-0.25, -0.2) is 13.1 Å². The maximum Gasteiger partial charge on any atom is 0.416 e. The van der Waals surface area contributed by atoms with Gasteiger partial charge in [-0.05, 0) is 36.4 Å². The van der Waals surface area contributed by atoms with E-state index in [1.807, 2.05) is 4.72 Å². The van der Waals surface area contributed by atoms with Crippen LogP contribution in [0.5, 0.6) is 0 Å². The second-order valence-electron chi connectivity index (χ2n) is 7.03. The van der Waals surface area contributed by atoms with Gasteiger partial charge in [0.05, 0.1) is 17.0 Å². The fourth-order valence-corrected chi connectivity index (χ4v) is 4.36. The monoisotopic (exact) mass is 489 g/mol. The number of rotatable bonds is 5. The van der Waals surface area contributed by atoms with Crippen LogP contribution < -0.4 is 4.72 Å². The highest BCUT2D eigenvalue weighted by Crippen LogP contribution is 2.30. The Hall–Kier alpha value is -2.63. The fourth-order valence-electron chi connectivity index (χ4n) is 3.15. The second kappa shape index (κ2) is 9.47. The summed E-state index contributed by atoms with van der Waals surface area (Å²) in [5.41, 5.74) is -0.682. The molecule has 0 aromatic heterocycles. The van der Waals surface area contributed by atoms with Gasteiger partial charge in [0.15, 0.2) is 0 Å². The molecule has 32 heavy (non-hydrogen) atoms. The number of alkyl halides is 3. The minimum absolute atomic E-state index is 0.191. The molecule has 1 saturated heterocycles. The van der Waals surface area contributed by atoms with Crippen molar-refractivity contribution in [3.63, 3.8) is 0 Å². The average molecular weight is 490 g/mol. The van der Waals surface area contributed by atoms with E-state index in [2.05, 4.69) is 0 Å². The van der Waals surface area contributed by atoms with Gasteiger partial charge in [-0.15, -0.1) is 0 Å². The Bertz CT molecular complexity index is 1120. The summed E-state index contributed by atoms with van der Waals surface area (Å²) in [7, 11) is -4.32. The van der Waals surface area contributed by atoms with Crippen LogP contribution in [0.3, 0.4) is 0 Å². The van der Waals surface area contributed by atoms with Crippen molar-refractivity contribution >= 4 is 33.4 Å². The highest BCUT2D eigenvalue weighted by Gasteiger charge is 2.32. The molecule has 0 saturated carbocycles. The summed E-state index contributed by atoms with van der Waals surface area (Å²) in [6.07, 6.45) is -4.69. The van der Waals surface area contributed by atoms with Crippen molar-refractivity contribution < 1.29 is 31.2 Å². The molecular weight excluding hydrogens is 471 g/mol. The van der Waals surface area contributed by atoms with E-state index in [4.69, 9.17) is 11.6 Å². The van der Waals surface area contributed by atoms with Crippen LogP contribution in [-0.2, 0) is 21.0 Å². The predicted molar refractivity (Wildman–Crippen MR) is 111 cm³/mol. The minimum atomic E-state index is -4.69. The molecule has 1 N–H and O–H groups in total. The van der Waals surface area contributed by atoms with Crippen LogP contribution in [0.15, 0.2) is 53.4 Å². The molecule has 3 rings (SSSR count). The van der Waals surface area contributed by atoms with Crippen LogP contribution in [-0.4, -0.2) is 62.8 Å². The molecule has 2 aromatic rings. The van der Waals surface area contributed by atoms with Gasteiger partial charge in [-0.3, -0.25) is 9.59 Å². The molecule has 0 bridgehead atoms. The van der Waals surface area contributed by atoms with Crippen molar-refractivity contribution in [2.24, 2.45) is 0 Å². The lowest BCUT2D eigenvalue weighted by molar-refractivity contribution is -0.137. The van der Waals surface area contributed by atoms with Crippen LogP contribution in [0, 0.1) is 0 Å². The van der Waals surface area contributed by atoms with Crippen molar-refractivity contribution in [3.8, 4) is 0 Å². The van der Waals surface area contributed by atoms with E-state index in [1.165, 1.54) is 4.90 Å². The zero-order valence-corrected chi connectivity index (χ0v) is 18.2. The van der Waals surface area contributed by atoms with E-state index in [-0.39, 0.29) is 32.1 Å². The number of carbonyl (C=O) groups is 2. The lowest BCUT2D eigenvalue weighted by Crippen LogP contribution is -2.52. The van der Waals surface area contributed by atoms with Gasteiger partial charge in [0.2, 0.25) is 15.9 Å². The molecular formula is C20H19ClF3N3O4S. The van der Waals surface area contributed by atoms with Gasteiger partial charge in [-0.2, -0.15) is 13.2 Å². The zero-order chi connectivity index (χ0) is 23.5. The highest BCUT2D eigenvalue weighted by molar-refractivity contribution is 7.89. The van der Waals surface area contributed by atoms with Crippen molar-refractivity contribution in [2.45, 2.75) is 11.1 Å². The van der Waals surface area contributed by atoms with Crippen LogP contribution in [0.1, 0.15) is 15.9 Å². The third-order valence-corrected chi connectivity index (χ3v) is 6.51. The lowest BCUT2D eigenvalue weighted by Gasteiger charge is -2.34. The molecule has 0 radical (unpaired) electrons. The Kier molecular flexibility index (Phi) is 7.11. The first-order valence-corrected chi connectivity index (χ1v) is 11.3. The van der Waals surface area contributed by atoms with Gasteiger partial charge in [0.25, 0.3) is 5.91 Å². The molecule has 1 fully saturated rings. The summed E-state index contributed by atoms with van der Waals surface area (Å²) < 4.78 is 65.1. The van der Waals surface area contributed by atoms with E-state index in [1.54, 1.807) is 29.2 Å². The number of nitrogens with one attached hydrogen (secondary N) is 1. The molecule has 2 amide bonds. The minimum Gasteiger partial charge on any atom is -0.338 e. The molecule has 1 aliphatic heterocycles. The Morgan fingerprint density at radius 2 is 1.59 bits per heavy atom. The fraction of sp³-hybridized carbons (Fsp3) is 0.300. The Morgan fingerprint density at radius 1 is 0.969 bits per heavy atom. The summed E-state index contributed by atoms with van der Waals surface area (Å²) in [5, 5.41) is 0.428. The molecule has 1 heterocycles. The number of halogens is 4. The maximum atomic E-state index is 12.8. The third kappa shape index (κ3) is 5.78. The van der Waals surface area contributed by atoms with Crippen molar-refractivity contribution in [1.29, 1.82) is 0 Å². The largest absolute Gasteiger partial charge is 0.416 e. The normalized spacial score (nSPS) is 15.0. The summed E-state index contributed by atoms with van der Waals surface area (Å²) in [5.74, 6) is -0.778. The Morgan fingerprint density at radius 3 is 2.22 bits per heavy atom. The van der Waals surface area contributed by atoms with E-state index in [0.29, 0.717) is 16.7 Å². The number of carbonyl (C=O) groups excluding carboxylic acids is 2. The van der Waals surface area contributed by atoms with Gasteiger partial charge in [0, 0.05) is 36.8 Å². The predicted octanol–water partition coefficient (Wildman–Crippen LogP) is 2.62. The number of amides is 2. The average Bonchev–Trinajstić information content (AvgIpc) is 2.76. The number of benzene rings is 2. The zero-order valence-electron chi connectivity index (χ0n) is 16.6. The Labute approximate surface area is 187 Å². The highest BCUT2D eigenvalue weighted by atomic mass is 35.5. The molecule has 12 heteroatoms. The van der Waals surface area contributed by atoms with Gasteiger partial charge < -0.3 is 9.80 Å². The number of nitrogens with zero attached hydrogens (tertiary/aromatic N) is 2. The van der Waals surface area contributed by atoms with Crippen molar-refractivity contribution in [2.75, 3.05) is 32.7 Å².